The van der Waals surface area contributed by atoms with E-state index in [1.807, 2.05) is 30.3 Å². The molecule has 48 heavy (non-hydrogen) atoms. The summed E-state index contributed by atoms with van der Waals surface area (Å²) in [5.74, 6) is -0.907. The second kappa shape index (κ2) is 15.5. The van der Waals surface area contributed by atoms with Crippen LogP contribution in [0.2, 0.25) is 5.02 Å². The van der Waals surface area contributed by atoms with Crippen molar-refractivity contribution in [1.82, 2.24) is 41.0 Å². The fraction of sp³-hybridized carbons (Fsp3) is 0.324. The second-order valence-corrected chi connectivity index (χ2v) is 12.1. The molecule has 3 atom stereocenters. The van der Waals surface area contributed by atoms with Gasteiger partial charge in [-0.25, -0.2) is 14.6 Å². The Hall–Kier alpha value is -5.30. The molecule has 2 aromatic carbocycles. The first kappa shape index (κ1) is 34.0. The van der Waals surface area contributed by atoms with Crippen LogP contribution >= 0.6 is 11.6 Å². The van der Waals surface area contributed by atoms with Crippen molar-refractivity contribution in [1.29, 1.82) is 0 Å². The number of rotatable bonds is 4. The molecule has 6 rings (SSSR count). The van der Waals surface area contributed by atoms with Crippen molar-refractivity contribution in [3.05, 3.63) is 95.0 Å². The van der Waals surface area contributed by atoms with E-state index in [-0.39, 0.29) is 43.6 Å². The van der Waals surface area contributed by atoms with Crippen molar-refractivity contribution in [2.24, 2.45) is 5.92 Å². The van der Waals surface area contributed by atoms with E-state index >= 15 is 0 Å². The van der Waals surface area contributed by atoms with Crippen molar-refractivity contribution in [2.45, 2.75) is 51.9 Å². The lowest BCUT2D eigenvalue weighted by Crippen LogP contribution is -2.56. The number of carbonyl (C=O) groups excluding carboxylic acids is 4. The molecular weight excluding hydrogens is 636 g/mol. The molecule has 0 saturated carbocycles. The van der Waals surface area contributed by atoms with E-state index < -0.39 is 35.8 Å². The molecule has 0 spiro atoms. The van der Waals surface area contributed by atoms with Crippen LogP contribution in [0.15, 0.2) is 72.9 Å². The smallest absolute Gasteiger partial charge is 0.270 e. The van der Waals surface area contributed by atoms with E-state index in [0.29, 0.717) is 22.4 Å². The molecule has 4 N–H and O–H groups in total. The molecule has 14 heteroatoms. The van der Waals surface area contributed by atoms with Gasteiger partial charge in [-0.05, 0) is 42.7 Å². The molecule has 2 aliphatic heterocycles. The molecule has 0 saturated heterocycles. The first-order valence-electron chi connectivity index (χ1n) is 15.6. The van der Waals surface area contributed by atoms with E-state index in [1.165, 1.54) is 23.0 Å². The summed E-state index contributed by atoms with van der Waals surface area (Å²) in [4.78, 5) is 62.3. The Morgan fingerprint density at radius 1 is 1.00 bits per heavy atom. The zero-order valence-electron chi connectivity index (χ0n) is 26.8. The van der Waals surface area contributed by atoms with Gasteiger partial charge in [-0.2, -0.15) is 5.10 Å². The van der Waals surface area contributed by atoms with Gasteiger partial charge in [0.15, 0.2) is 5.82 Å². The minimum Gasteiger partial charge on any atom is -0.492 e. The van der Waals surface area contributed by atoms with Crippen LogP contribution in [0.5, 0.6) is 5.75 Å². The Bertz CT molecular complexity index is 1750. The average molecular weight is 673 g/mol. The van der Waals surface area contributed by atoms with Gasteiger partial charge >= 0.3 is 0 Å². The van der Waals surface area contributed by atoms with Crippen LogP contribution in [0.1, 0.15) is 48.7 Å². The summed E-state index contributed by atoms with van der Waals surface area (Å²) < 4.78 is 7.26. The topological polar surface area (TPSA) is 169 Å². The van der Waals surface area contributed by atoms with E-state index in [4.69, 9.17) is 16.3 Å². The van der Waals surface area contributed by atoms with E-state index in [2.05, 4.69) is 36.3 Å². The van der Waals surface area contributed by atoms with Crippen LogP contribution in [0, 0.1) is 5.92 Å². The van der Waals surface area contributed by atoms with Crippen LogP contribution in [0.25, 0.3) is 11.4 Å². The van der Waals surface area contributed by atoms with Gasteiger partial charge in [-0.1, -0.05) is 67.9 Å². The molecule has 4 heterocycles. The average Bonchev–Trinajstić information content (AvgIpc) is 3.49. The van der Waals surface area contributed by atoms with Crippen LogP contribution in [-0.2, 0) is 27.3 Å². The number of hydrogen-bond acceptors (Lipinski definition) is 8. The number of benzene rings is 2. The summed E-state index contributed by atoms with van der Waals surface area (Å²) in [6.45, 7) is 5.65. The Morgan fingerprint density at radius 3 is 2.44 bits per heavy atom. The predicted molar refractivity (Wildman–Crippen MR) is 178 cm³/mol. The van der Waals surface area contributed by atoms with E-state index in [0.717, 1.165) is 11.1 Å². The number of ether oxygens (including phenoxy) is 1. The maximum Gasteiger partial charge on any atom is 0.270 e. The first-order chi connectivity index (χ1) is 23.1. The number of aromatic nitrogens is 4. The van der Waals surface area contributed by atoms with Crippen LogP contribution < -0.4 is 26.0 Å². The van der Waals surface area contributed by atoms with Gasteiger partial charge in [0.05, 0.1) is 17.6 Å². The van der Waals surface area contributed by atoms with Crippen molar-refractivity contribution < 1.29 is 23.9 Å². The molecule has 2 bridgehead atoms. The molecule has 250 valence electrons. The fourth-order valence-electron chi connectivity index (χ4n) is 5.12. The number of carbonyl (C=O) groups is 4. The predicted octanol–water partition coefficient (Wildman–Crippen LogP) is 2.86. The lowest BCUT2D eigenvalue weighted by molar-refractivity contribution is -0.131. The van der Waals surface area contributed by atoms with E-state index in [1.54, 1.807) is 45.0 Å². The Kier molecular flexibility index (Phi) is 11.0. The Morgan fingerprint density at radius 2 is 1.75 bits per heavy atom. The highest BCUT2D eigenvalue weighted by atomic mass is 35.5. The van der Waals surface area contributed by atoms with Gasteiger partial charge in [0.2, 0.25) is 17.7 Å². The number of nitrogens with zero attached hydrogens (tertiary/aromatic N) is 4. The summed E-state index contributed by atoms with van der Waals surface area (Å²) in [5.41, 5.74) is 1.57. The number of halogens is 1. The molecule has 0 radical (unpaired) electrons. The summed E-state index contributed by atoms with van der Waals surface area (Å²) in [6, 6.07) is 16.6. The normalized spacial score (nSPS) is 19.4. The summed E-state index contributed by atoms with van der Waals surface area (Å²) in [7, 11) is 0. The quantitative estimate of drug-likeness (QED) is 0.257. The van der Waals surface area contributed by atoms with Gasteiger partial charge < -0.3 is 26.0 Å². The lowest BCUT2D eigenvalue weighted by atomic mass is 10.0. The number of fused-ring (bicyclic) bond motifs is 14. The molecule has 0 unspecified atom stereocenters. The maximum atomic E-state index is 13.8. The third-order valence-electron chi connectivity index (χ3n) is 7.66. The number of hydrogen-bond donors (Lipinski definition) is 4. The first-order valence-corrected chi connectivity index (χ1v) is 16.0. The lowest BCUT2D eigenvalue weighted by Gasteiger charge is -2.26. The van der Waals surface area contributed by atoms with Crippen molar-refractivity contribution in [2.75, 3.05) is 13.2 Å². The highest BCUT2D eigenvalue weighted by Crippen LogP contribution is 2.20. The molecule has 13 nitrogen and oxygen atoms in total. The third kappa shape index (κ3) is 8.73. The Labute approximate surface area is 282 Å². The van der Waals surface area contributed by atoms with Crippen molar-refractivity contribution in [3.63, 3.8) is 0 Å². The number of amides is 4. The fourth-order valence-corrected chi connectivity index (χ4v) is 5.23. The van der Waals surface area contributed by atoms with Gasteiger partial charge in [0.1, 0.15) is 42.5 Å². The van der Waals surface area contributed by atoms with Gasteiger partial charge in [0, 0.05) is 18.2 Å². The van der Waals surface area contributed by atoms with Crippen LogP contribution in [0.3, 0.4) is 0 Å². The molecule has 2 aromatic heterocycles. The molecular formula is C34H37ClN8O5. The molecule has 0 aliphatic carbocycles. The highest BCUT2D eigenvalue weighted by molar-refractivity contribution is 6.30. The minimum atomic E-state index is -1.05. The molecule has 4 aromatic rings. The van der Waals surface area contributed by atoms with Crippen LogP contribution in [-0.4, -0.2) is 68.6 Å². The summed E-state index contributed by atoms with van der Waals surface area (Å²) in [6.07, 6.45) is 1.47. The number of pyridine rings is 1. The number of nitrogens with one attached hydrogen (secondary N) is 4. The third-order valence-corrected chi connectivity index (χ3v) is 7.88. The second-order valence-electron chi connectivity index (χ2n) is 11.7. The van der Waals surface area contributed by atoms with Crippen LogP contribution in [0.4, 0.5) is 0 Å². The Balaban J connectivity index is 1.45. The standard InChI is InChI=1S/C34H37ClN8O5/c1-20(2)29-34(47)38-21(3)31-41-30(23-7-5-4-6-8-23)42-43(31)19-28(44)36-15-16-48-25-12-9-22(10-13-25)17-27(33(46)40-29)39-32(45)26-14-11-24(35)18-37-26/h4-14,18,20-21,27,29H,15-17,19H2,1-3H3,(H,36,44)(H,38,47)(H,39,45)(H,40,46)/t21-,27-,29+/m0/s1. The largest absolute Gasteiger partial charge is 0.492 e. The highest BCUT2D eigenvalue weighted by Gasteiger charge is 2.31. The SMILES string of the molecule is CC(C)[C@H]1NC(=O)[C@@H](NC(=O)c2ccc(Cl)cn2)Cc2ccc(cc2)OCCNC(=O)Cn2nc(-c3ccccc3)nc2[C@H](C)NC1=O. The maximum absolute atomic E-state index is 13.8. The van der Waals surface area contributed by atoms with Crippen molar-refractivity contribution in [3.8, 4) is 17.1 Å². The van der Waals surface area contributed by atoms with Crippen molar-refractivity contribution >= 4 is 35.2 Å². The summed E-state index contributed by atoms with van der Waals surface area (Å²) >= 11 is 5.94. The summed E-state index contributed by atoms with van der Waals surface area (Å²) in [5, 5.41) is 16.3. The zero-order valence-corrected chi connectivity index (χ0v) is 27.5. The molecule has 0 fully saturated rings. The monoisotopic (exact) mass is 672 g/mol. The minimum absolute atomic E-state index is 0.0837. The van der Waals surface area contributed by atoms with Gasteiger partial charge in [0.25, 0.3) is 5.91 Å². The van der Waals surface area contributed by atoms with E-state index in [9.17, 15) is 19.2 Å². The molecule has 2 aliphatic rings. The van der Waals surface area contributed by atoms with Gasteiger partial charge in [-0.3, -0.25) is 19.2 Å². The van der Waals surface area contributed by atoms with Gasteiger partial charge in [-0.15, -0.1) is 0 Å². The zero-order chi connectivity index (χ0) is 34.2. The molecule has 4 amide bonds.